The van der Waals surface area contributed by atoms with Crippen molar-refractivity contribution in [2.24, 2.45) is 11.8 Å². The van der Waals surface area contributed by atoms with Gasteiger partial charge in [0.15, 0.2) is 0 Å². The molecular weight excluding hydrogens is 593 g/mol. The number of unbranched alkanes of at least 4 members (excludes halogenated alkanes) is 6. The van der Waals surface area contributed by atoms with Crippen LogP contribution in [0.25, 0.3) is 5.57 Å². The van der Waals surface area contributed by atoms with Crippen LogP contribution in [0.4, 0.5) is 0 Å². The molecule has 1 fully saturated rings. The summed E-state index contributed by atoms with van der Waals surface area (Å²) in [6, 6.07) is 5.62. The maximum Gasteiger partial charge on any atom is 0.0675 e. The highest BCUT2D eigenvalue weighted by molar-refractivity contribution is 7.95. The number of hydrogen-bond donors (Lipinski definition) is 2. The number of nitrogens with one attached hydrogen (secondary N) is 2. The smallest absolute Gasteiger partial charge is 0.0675 e. The molecule has 4 rings (SSSR count). The monoisotopic (exact) mass is 656 g/mol. The summed E-state index contributed by atoms with van der Waals surface area (Å²) in [5.74, 6) is 1.57. The molecule has 5 heteroatoms. The van der Waals surface area contributed by atoms with E-state index >= 15 is 0 Å². The van der Waals surface area contributed by atoms with Crippen molar-refractivity contribution < 1.29 is 0 Å². The van der Waals surface area contributed by atoms with E-state index in [0.717, 1.165) is 0 Å². The molecule has 0 saturated carbocycles. The number of aryl methyl sites for hydroxylation is 2. The fourth-order valence-electron chi connectivity index (χ4n) is 7.50. The lowest BCUT2D eigenvalue weighted by Gasteiger charge is -2.39. The van der Waals surface area contributed by atoms with Gasteiger partial charge in [0.05, 0.1) is 6.04 Å². The molecule has 4 unspecified atom stereocenters. The zero-order valence-electron chi connectivity index (χ0n) is 29.9. The standard InChI is InChI=1S/C39H64N2S3/c1-11-16-18-20-22-28-24-30(42-36(28)38(8,9)13-3)32-26(6)27(7)33(35-34(32)40-44-41-35)31-25-29(23-21-19-17-12-2)37(43-31)39(10,14-4)15-5/h24-27,32,34,40-41H,11-23H2,1-10H3. The Balaban J connectivity index is 1.74. The van der Waals surface area contributed by atoms with Crippen LogP contribution < -0.4 is 9.44 Å². The summed E-state index contributed by atoms with van der Waals surface area (Å²) in [6.45, 7) is 24.3. The highest BCUT2D eigenvalue weighted by Gasteiger charge is 2.46. The number of thiophene rings is 2. The molecule has 0 radical (unpaired) electrons. The first-order valence-electron chi connectivity index (χ1n) is 18.2. The van der Waals surface area contributed by atoms with Gasteiger partial charge in [-0.15, -0.1) is 22.7 Å². The lowest BCUT2D eigenvalue weighted by molar-refractivity contribution is 0.332. The van der Waals surface area contributed by atoms with E-state index < -0.39 is 0 Å². The highest BCUT2D eigenvalue weighted by Crippen LogP contribution is 2.54. The maximum atomic E-state index is 3.88. The third-order valence-electron chi connectivity index (χ3n) is 11.6. The van der Waals surface area contributed by atoms with Gasteiger partial charge in [-0.1, -0.05) is 108 Å². The molecule has 248 valence electrons. The second kappa shape index (κ2) is 15.9. The first-order valence-corrected chi connectivity index (χ1v) is 20.7. The van der Waals surface area contributed by atoms with Gasteiger partial charge in [-0.2, -0.15) is 0 Å². The molecule has 1 saturated heterocycles. The molecule has 4 atom stereocenters. The van der Waals surface area contributed by atoms with E-state index in [4.69, 9.17) is 0 Å². The highest BCUT2D eigenvalue weighted by atomic mass is 32.2. The predicted octanol–water partition coefficient (Wildman–Crippen LogP) is 12.7. The van der Waals surface area contributed by atoms with Crippen molar-refractivity contribution >= 4 is 40.4 Å². The van der Waals surface area contributed by atoms with Gasteiger partial charge in [0.2, 0.25) is 0 Å². The Labute approximate surface area is 284 Å². The van der Waals surface area contributed by atoms with Gasteiger partial charge in [-0.25, -0.2) is 4.72 Å². The first-order chi connectivity index (χ1) is 21.1. The molecule has 0 bridgehead atoms. The lowest BCUT2D eigenvalue weighted by Crippen LogP contribution is -2.39. The van der Waals surface area contributed by atoms with E-state index in [2.05, 4.69) is 113 Å². The maximum absolute atomic E-state index is 3.88. The molecule has 2 aliphatic rings. The third-order valence-corrected chi connectivity index (χ3v) is 15.4. The van der Waals surface area contributed by atoms with Crippen LogP contribution >= 0.6 is 34.8 Å². The minimum atomic E-state index is 0.235. The van der Waals surface area contributed by atoms with Crippen LogP contribution in [0.5, 0.6) is 0 Å². The molecule has 0 spiro atoms. The Morgan fingerprint density at radius 1 is 0.727 bits per heavy atom. The average molecular weight is 657 g/mol. The molecule has 0 amide bonds. The average Bonchev–Trinajstić information content (AvgIpc) is 3.77. The van der Waals surface area contributed by atoms with Crippen LogP contribution in [0, 0.1) is 11.8 Å². The van der Waals surface area contributed by atoms with E-state index in [9.17, 15) is 0 Å². The summed E-state index contributed by atoms with van der Waals surface area (Å²) in [6.07, 6.45) is 16.7. The minimum Gasteiger partial charge on any atom is -0.319 e. The Morgan fingerprint density at radius 3 is 1.91 bits per heavy atom. The molecule has 2 N–H and O–H groups in total. The number of allylic oxidation sites excluding steroid dienone is 1. The second-order valence-corrected chi connectivity index (χ2v) is 17.7. The largest absolute Gasteiger partial charge is 0.319 e. The Bertz CT molecular complexity index is 1230. The molecule has 0 aromatic carbocycles. The first kappa shape index (κ1) is 36.1. The normalized spacial score (nSPS) is 22.5. The SMILES string of the molecule is CCCCCCc1cc(C2C3NSNC3=C(c3cc(CCCCCC)c(C(C)(CC)CC)s3)C(C)C2C)sc1C(C)(C)CC. The predicted molar refractivity (Wildman–Crippen MR) is 201 cm³/mol. The van der Waals surface area contributed by atoms with Gasteiger partial charge < -0.3 is 4.72 Å². The summed E-state index contributed by atoms with van der Waals surface area (Å²) in [4.78, 5) is 6.45. The van der Waals surface area contributed by atoms with Crippen molar-refractivity contribution in [3.63, 3.8) is 0 Å². The van der Waals surface area contributed by atoms with Crippen molar-refractivity contribution in [2.45, 2.75) is 175 Å². The van der Waals surface area contributed by atoms with Crippen LogP contribution in [0.3, 0.4) is 0 Å². The molecule has 44 heavy (non-hydrogen) atoms. The summed E-state index contributed by atoms with van der Waals surface area (Å²) >= 11 is 5.99. The molecule has 1 aliphatic heterocycles. The van der Waals surface area contributed by atoms with Gasteiger partial charge in [0.1, 0.15) is 0 Å². The molecule has 3 heterocycles. The summed E-state index contributed by atoms with van der Waals surface area (Å²) in [7, 11) is 0. The fraction of sp³-hybridized carbons (Fsp3) is 0.744. The topological polar surface area (TPSA) is 24.1 Å². The van der Waals surface area contributed by atoms with Crippen LogP contribution in [0.15, 0.2) is 17.8 Å². The second-order valence-electron chi connectivity index (χ2n) is 14.9. The zero-order chi connectivity index (χ0) is 32.1. The van der Waals surface area contributed by atoms with Crippen molar-refractivity contribution in [1.29, 1.82) is 0 Å². The van der Waals surface area contributed by atoms with Crippen LogP contribution in [0.1, 0.15) is 176 Å². The van der Waals surface area contributed by atoms with Crippen LogP contribution in [-0.4, -0.2) is 6.04 Å². The summed E-state index contributed by atoms with van der Waals surface area (Å²) < 4.78 is 7.70. The van der Waals surface area contributed by atoms with Crippen molar-refractivity contribution in [3.8, 4) is 0 Å². The summed E-state index contributed by atoms with van der Waals surface area (Å²) in [5.41, 5.74) is 6.82. The quantitative estimate of drug-likeness (QED) is 0.131. The van der Waals surface area contributed by atoms with Gasteiger partial charge in [-0.3, -0.25) is 0 Å². The third kappa shape index (κ3) is 7.52. The Kier molecular flexibility index (Phi) is 13.0. The van der Waals surface area contributed by atoms with E-state index in [0.29, 0.717) is 23.8 Å². The van der Waals surface area contributed by atoms with Gasteiger partial charge in [-0.05, 0) is 91.0 Å². The molecule has 2 aromatic rings. The number of rotatable bonds is 17. The fourth-order valence-corrected chi connectivity index (χ4v) is 11.6. The van der Waals surface area contributed by atoms with E-state index in [1.165, 1.54) is 94.0 Å². The van der Waals surface area contributed by atoms with Crippen molar-refractivity contribution in [3.05, 3.63) is 48.5 Å². The summed E-state index contributed by atoms with van der Waals surface area (Å²) in [5, 5.41) is 0. The molecule has 2 aromatic heterocycles. The van der Waals surface area contributed by atoms with Crippen LogP contribution in [-0.2, 0) is 23.7 Å². The minimum absolute atomic E-state index is 0.235. The van der Waals surface area contributed by atoms with Crippen molar-refractivity contribution in [2.75, 3.05) is 0 Å². The number of fused-ring (bicyclic) bond motifs is 1. The molecule has 1 aliphatic carbocycles. The van der Waals surface area contributed by atoms with Crippen LogP contribution in [0.2, 0.25) is 0 Å². The van der Waals surface area contributed by atoms with E-state index in [1.54, 1.807) is 43.5 Å². The zero-order valence-corrected chi connectivity index (χ0v) is 32.3. The van der Waals surface area contributed by atoms with Crippen molar-refractivity contribution in [1.82, 2.24) is 9.44 Å². The van der Waals surface area contributed by atoms with E-state index in [1.807, 2.05) is 0 Å². The number of hydrogen-bond acceptors (Lipinski definition) is 5. The lowest BCUT2D eigenvalue weighted by atomic mass is 9.69. The van der Waals surface area contributed by atoms with Gasteiger partial charge in [0, 0.05) is 48.7 Å². The van der Waals surface area contributed by atoms with Gasteiger partial charge >= 0.3 is 0 Å². The molecular formula is C39H64N2S3. The Hall–Kier alpha value is -0.750. The van der Waals surface area contributed by atoms with Gasteiger partial charge in [0.25, 0.3) is 0 Å². The Morgan fingerprint density at radius 2 is 1.34 bits per heavy atom. The molecule has 2 nitrogen and oxygen atoms in total. The van der Waals surface area contributed by atoms with E-state index in [-0.39, 0.29) is 10.8 Å².